The SMILES string of the molecule is C=Cc1cc(C)ccc1-c1ccc(C)cc1C. The van der Waals surface area contributed by atoms with Crippen molar-refractivity contribution in [2.24, 2.45) is 0 Å². The Kier molecular flexibility index (Phi) is 3.14. The molecule has 0 heterocycles. The van der Waals surface area contributed by atoms with Crippen LogP contribution >= 0.6 is 0 Å². The van der Waals surface area contributed by atoms with Gasteiger partial charge in [-0.3, -0.25) is 0 Å². The van der Waals surface area contributed by atoms with Gasteiger partial charge in [-0.15, -0.1) is 0 Å². The van der Waals surface area contributed by atoms with Crippen LogP contribution in [0.3, 0.4) is 0 Å². The molecule has 0 N–H and O–H groups in total. The zero-order chi connectivity index (χ0) is 12.4. The van der Waals surface area contributed by atoms with Crippen molar-refractivity contribution in [1.29, 1.82) is 0 Å². The second kappa shape index (κ2) is 4.58. The van der Waals surface area contributed by atoms with E-state index in [9.17, 15) is 0 Å². The predicted molar refractivity (Wildman–Crippen MR) is 76.2 cm³/mol. The Labute approximate surface area is 104 Å². The van der Waals surface area contributed by atoms with Gasteiger partial charge in [0.15, 0.2) is 0 Å². The summed E-state index contributed by atoms with van der Waals surface area (Å²) in [6.07, 6.45) is 1.93. The molecular weight excluding hydrogens is 204 g/mol. The van der Waals surface area contributed by atoms with Crippen LogP contribution in [0.5, 0.6) is 0 Å². The van der Waals surface area contributed by atoms with E-state index in [0.717, 1.165) is 0 Å². The highest BCUT2D eigenvalue weighted by Crippen LogP contribution is 2.28. The van der Waals surface area contributed by atoms with Crippen LogP contribution in [-0.2, 0) is 0 Å². The summed E-state index contributed by atoms with van der Waals surface area (Å²) in [5.74, 6) is 0. The van der Waals surface area contributed by atoms with Crippen molar-refractivity contribution in [3.8, 4) is 11.1 Å². The summed E-state index contributed by atoms with van der Waals surface area (Å²) in [4.78, 5) is 0. The largest absolute Gasteiger partial charge is 0.0984 e. The molecule has 0 saturated carbocycles. The summed E-state index contributed by atoms with van der Waals surface area (Å²) >= 11 is 0. The van der Waals surface area contributed by atoms with Crippen LogP contribution in [0.15, 0.2) is 43.0 Å². The van der Waals surface area contributed by atoms with Crippen molar-refractivity contribution in [2.75, 3.05) is 0 Å². The van der Waals surface area contributed by atoms with E-state index in [0.29, 0.717) is 0 Å². The van der Waals surface area contributed by atoms with Crippen LogP contribution in [0.4, 0.5) is 0 Å². The zero-order valence-electron chi connectivity index (χ0n) is 10.7. The molecule has 0 atom stereocenters. The first kappa shape index (κ1) is 11.7. The lowest BCUT2D eigenvalue weighted by molar-refractivity contribution is 1.37. The van der Waals surface area contributed by atoms with Gasteiger partial charge in [0, 0.05) is 0 Å². The van der Waals surface area contributed by atoms with E-state index in [-0.39, 0.29) is 0 Å². The van der Waals surface area contributed by atoms with Crippen molar-refractivity contribution in [3.05, 3.63) is 65.2 Å². The zero-order valence-corrected chi connectivity index (χ0v) is 10.7. The molecule has 0 amide bonds. The summed E-state index contributed by atoms with van der Waals surface area (Å²) in [6.45, 7) is 10.3. The molecule has 0 heteroatoms. The lowest BCUT2D eigenvalue weighted by atomic mass is 9.94. The van der Waals surface area contributed by atoms with Crippen LogP contribution in [-0.4, -0.2) is 0 Å². The van der Waals surface area contributed by atoms with E-state index in [1.807, 2.05) is 6.08 Å². The standard InChI is InChI=1S/C17H18/c1-5-15-11-13(3)7-9-17(15)16-8-6-12(2)10-14(16)4/h5-11H,1H2,2-4H3. The maximum atomic E-state index is 3.91. The Balaban J connectivity index is 2.63. The highest BCUT2D eigenvalue weighted by atomic mass is 14.1. The van der Waals surface area contributed by atoms with Crippen LogP contribution in [0.25, 0.3) is 17.2 Å². The van der Waals surface area contributed by atoms with Crippen LogP contribution in [0.2, 0.25) is 0 Å². The highest BCUT2D eigenvalue weighted by Gasteiger charge is 2.05. The minimum Gasteiger partial charge on any atom is -0.0984 e. The van der Waals surface area contributed by atoms with Crippen molar-refractivity contribution in [3.63, 3.8) is 0 Å². The van der Waals surface area contributed by atoms with Gasteiger partial charge in [-0.05, 0) is 43.0 Å². The maximum Gasteiger partial charge on any atom is -0.0109 e. The summed E-state index contributed by atoms with van der Waals surface area (Å²) < 4.78 is 0. The normalized spacial score (nSPS) is 10.3. The molecule has 17 heavy (non-hydrogen) atoms. The molecule has 0 spiro atoms. The third-order valence-corrected chi connectivity index (χ3v) is 3.10. The Bertz CT molecular complexity index is 562. The molecule has 0 aliphatic heterocycles. The van der Waals surface area contributed by atoms with Crippen molar-refractivity contribution in [2.45, 2.75) is 20.8 Å². The molecular formula is C17H18. The molecule has 86 valence electrons. The quantitative estimate of drug-likeness (QED) is 0.676. The summed E-state index contributed by atoms with van der Waals surface area (Å²) in [7, 11) is 0. The van der Waals surface area contributed by atoms with Gasteiger partial charge in [-0.25, -0.2) is 0 Å². The molecule has 0 nitrogen and oxygen atoms in total. The minimum absolute atomic E-state index is 1.21. The van der Waals surface area contributed by atoms with Crippen LogP contribution in [0, 0.1) is 20.8 Å². The highest BCUT2D eigenvalue weighted by molar-refractivity contribution is 5.77. The maximum absolute atomic E-state index is 3.91. The predicted octanol–water partition coefficient (Wildman–Crippen LogP) is 4.92. The molecule has 0 aliphatic carbocycles. The topological polar surface area (TPSA) is 0 Å². The molecule has 0 aliphatic rings. The number of rotatable bonds is 2. The Hall–Kier alpha value is -1.82. The number of hydrogen-bond acceptors (Lipinski definition) is 0. The number of benzene rings is 2. The van der Waals surface area contributed by atoms with Crippen molar-refractivity contribution >= 4 is 6.08 Å². The monoisotopic (exact) mass is 222 g/mol. The molecule has 2 rings (SSSR count). The fourth-order valence-electron chi connectivity index (χ4n) is 2.21. The molecule has 2 aromatic carbocycles. The van der Waals surface area contributed by atoms with Crippen LogP contribution < -0.4 is 0 Å². The first-order valence-electron chi connectivity index (χ1n) is 5.92. The molecule has 0 fully saturated rings. The van der Waals surface area contributed by atoms with Crippen molar-refractivity contribution < 1.29 is 0 Å². The second-order valence-electron chi connectivity index (χ2n) is 4.61. The fraction of sp³-hybridized carbons (Fsp3) is 0.176. The van der Waals surface area contributed by atoms with Crippen LogP contribution in [0.1, 0.15) is 22.3 Å². The lowest BCUT2D eigenvalue weighted by Gasteiger charge is -2.11. The Morgan fingerprint density at radius 1 is 0.824 bits per heavy atom. The fourth-order valence-corrected chi connectivity index (χ4v) is 2.21. The average Bonchev–Trinajstić information content (AvgIpc) is 2.30. The van der Waals surface area contributed by atoms with E-state index in [1.165, 1.54) is 33.4 Å². The van der Waals surface area contributed by atoms with Gasteiger partial charge in [-0.1, -0.05) is 60.2 Å². The minimum atomic E-state index is 1.21. The first-order chi connectivity index (χ1) is 8.11. The molecule has 0 bridgehead atoms. The van der Waals surface area contributed by atoms with E-state index < -0.39 is 0 Å². The first-order valence-corrected chi connectivity index (χ1v) is 5.92. The van der Waals surface area contributed by atoms with Crippen molar-refractivity contribution in [1.82, 2.24) is 0 Å². The smallest absolute Gasteiger partial charge is 0.0109 e. The second-order valence-corrected chi connectivity index (χ2v) is 4.61. The number of hydrogen-bond donors (Lipinski definition) is 0. The average molecular weight is 222 g/mol. The molecule has 2 aromatic rings. The summed E-state index contributed by atoms with van der Waals surface area (Å²) in [5.41, 5.74) is 7.66. The van der Waals surface area contributed by atoms with E-state index >= 15 is 0 Å². The third-order valence-electron chi connectivity index (χ3n) is 3.10. The lowest BCUT2D eigenvalue weighted by Crippen LogP contribution is -1.88. The third kappa shape index (κ3) is 2.31. The van der Waals surface area contributed by atoms with E-state index in [1.54, 1.807) is 0 Å². The van der Waals surface area contributed by atoms with Gasteiger partial charge in [0.1, 0.15) is 0 Å². The Morgan fingerprint density at radius 3 is 2.00 bits per heavy atom. The van der Waals surface area contributed by atoms with Gasteiger partial charge in [0.2, 0.25) is 0 Å². The summed E-state index contributed by atoms with van der Waals surface area (Å²) in [6, 6.07) is 13.1. The van der Waals surface area contributed by atoms with Gasteiger partial charge < -0.3 is 0 Å². The molecule has 0 saturated heterocycles. The van der Waals surface area contributed by atoms with Gasteiger partial charge >= 0.3 is 0 Å². The molecule has 0 unspecified atom stereocenters. The van der Waals surface area contributed by atoms with Gasteiger partial charge in [-0.2, -0.15) is 0 Å². The molecule has 0 radical (unpaired) electrons. The Morgan fingerprint density at radius 2 is 1.41 bits per heavy atom. The van der Waals surface area contributed by atoms with E-state index in [2.05, 4.69) is 63.7 Å². The number of aryl methyl sites for hydroxylation is 3. The van der Waals surface area contributed by atoms with E-state index in [4.69, 9.17) is 0 Å². The van der Waals surface area contributed by atoms with Gasteiger partial charge in [0.25, 0.3) is 0 Å². The molecule has 0 aromatic heterocycles. The summed E-state index contributed by atoms with van der Waals surface area (Å²) in [5, 5.41) is 0. The van der Waals surface area contributed by atoms with Gasteiger partial charge in [0.05, 0.1) is 0 Å².